The fraction of sp³-hybridized carbons (Fsp3) is 0.100. The number of halogens is 1. The predicted molar refractivity (Wildman–Crippen MR) is 64.4 cm³/mol. The number of hydrogen-bond acceptors (Lipinski definition) is 5. The lowest BCUT2D eigenvalue weighted by Gasteiger charge is -2.05. The maximum Gasteiger partial charge on any atom is 0.234 e. The summed E-state index contributed by atoms with van der Waals surface area (Å²) < 4.78 is 7.22. The van der Waals surface area contributed by atoms with Gasteiger partial charge in [-0.15, -0.1) is 10.2 Å². The van der Waals surface area contributed by atoms with Gasteiger partial charge in [0.25, 0.3) is 0 Å². The molecule has 86 valence electrons. The third-order valence-corrected chi connectivity index (χ3v) is 3.17. The van der Waals surface area contributed by atoms with Crippen molar-refractivity contribution in [2.24, 2.45) is 0 Å². The Morgan fingerprint density at radius 2 is 2.18 bits per heavy atom. The van der Waals surface area contributed by atoms with Gasteiger partial charge in [-0.1, -0.05) is 35.1 Å². The van der Waals surface area contributed by atoms with E-state index in [9.17, 15) is 0 Å². The molecule has 2 heterocycles. The van der Waals surface area contributed by atoms with Crippen molar-refractivity contribution in [1.82, 2.24) is 19.8 Å². The maximum absolute atomic E-state index is 5.98. The fourth-order valence-electron chi connectivity index (χ4n) is 1.40. The smallest absolute Gasteiger partial charge is 0.234 e. The molecule has 0 radical (unpaired) electrons. The van der Waals surface area contributed by atoms with Gasteiger partial charge in [0, 0.05) is 0 Å². The molecule has 0 aliphatic heterocycles. The average molecular weight is 267 g/mol. The van der Waals surface area contributed by atoms with Gasteiger partial charge in [-0.25, -0.2) is 0 Å². The minimum atomic E-state index is 0.286. The number of rotatable bonds is 3. The van der Waals surface area contributed by atoms with E-state index >= 15 is 0 Å². The Morgan fingerprint density at radius 3 is 3.06 bits per heavy atom. The van der Waals surface area contributed by atoms with E-state index in [0.717, 1.165) is 4.96 Å². The zero-order valence-corrected chi connectivity index (χ0v) is 10.1. The molecule has 5 nitrogen and oxygen atoms in total. The Kier molecular flexibility index (Phi) is 2.66. The molecule has 0 spiro atoms. The summed E-state index contributed by atoms with van der Waals surface area (Å²) in [4.78, 5) is 0.753. The Hall–Kier alpha value is -1.66. The van der Waals surface area contributed by atoms with Crippen molar-refractivity contribution in [3.63, 3.8) is 0 Å². The molecule has 17 heavy (non-hydrogen) atoms. The van der Waals surface area contributed by atoms with Crippen LogP contribution in [-0.2, 0) is 6.61 Å². The summed E-state index contributed by atoms with van der Waals surface area (Å²) in [7, 11) is 0. The summed E-state index contributed by atoms with van der Waals surface area (Å²) in [5.41, 5.74) is 1.71. The van der Waals surface area contributed by atoms with Crippen molar-refractivity contribution in [2.75, 3.05) is 0 Å². The van der Waals surface area contributed by atoms with E-state index in [1.807, 2.05) is 18.2 Å². The van der Waals surface area contributed by atoms with E-state index in [1.54, 1.807) is 16.1 Å². The first-order valence-electron chi connectivity index (χ1n) is 4.86. The second-order valence-electron chi connectivity index (χ2n) is 3.27. The molecule has 1 aromatic carbocycles. The van der Waals surface area contributed by atoms with Crippen LogP contribution in [-0.4, -0.2) is 19.8 Å². The number of para-hydroxylation sites is 1. The molecule has 2 aromatic heterocycles. The topological polar surface area (TPSA) is 52.3 Å². The highest BCUT2D eigenvalue weighted by Crippen LogP contribution is 2.23. The van der Waals surface area contributed by atoms with E-state index in [2.05, 4.69) is 15.3 Å². The van der Waals surface area contributed by atoms with Gasteiger partial charge in [0.05, 0.1) is 5.02 Å². The van der Waals surface area contributed by atoms with E-state index < -0.39 is 0 Å². The van der Waals surface area contributed by atoms with E-state index in [-0.39, 0.29) is 6.61 Å². The second kappa shape index (κ2) is 4.31. The summed E-state index contributed by atoms with van der Waals surface area (Å²) in [5.74, 6) is 1.28. The predicted octanol–water partition coefficient (Wildman–Crippen LogP) is 2.42. The van der Waals surface area contributed by atoms with Gasteiger partial charge in [0.1, 0.15) is 17.9 Å². The van der Waals surface area contributed by atoms with Gasteiger partial charge < -0.3 is 4.74 Å². The number of hydrogen-bond donors (Lipinski definition) is 0. The molecule has 0 N–H and O–H groups in total. The van der Waals surface area contributed by atoms with Gasteiger partial charge >= 0.3 is 0 Å². The molecule has 0 fully saturated rings. The van der Waals surface area contributed by atoms with Crippen LogP contribution in [0.5, 0.6) is 5.75 Å². The zero-order chi connectivity index (χ0) is 11.7. The van der Waals surface area contributed by atoms with Crippen LogP contribution in [0.3, 0.4) is 0 Å². The molecule has 0 amide bonds. The maximum atomic E-state index is 5.98. The van der Waals surface area contributed by atoms with Crippen molar-refractivity contribution in [3.05, 3.63) is 40.6 Å². The van der Waals surface area contributed by atoms with Crippen LogP contribution >= 0.6 is 22.9 Å². The Balaban J connectivity index is 1.81. The van der Waals surface area contributed by atoms with Crippen LogP contribution in [0.2, 0.25) is 5.02 Å². The largest absolute Gasteiger partial charge is 0.484 e. The SMILES string of the molecule is Clc1ccccc1OCc1nnc2scnn12. The van der Waals surface area contributed by atoms with Gasteiger partial charge in [-0.2, -0.15) is 9.61 Å². The lowest BCUT2D eigenvalue weighted by Crippen LogP contribution is -2.02. The van der Waals surface area contributed by atoms with Crippen LogP contribution in [0.15, 0.2) is 29.8 Å². The first-order chi connectivity index (χ1) is 8.34. The number of benzene rings is 1. The Labute approximate surface area is 106 Å². The van der Waals surface area contributed by atoms with Crippen molar-refractivity contribution in [3.8, 4) is 5.75 Å². The van der Waals surface area contributed by atoms with Gasteiger partial charge in [0.2, 0.25) is 4.96 Å². The van der Waals surface area contributed by atoms with Crippen molar-refractivity contribution >= 4 is 27.9 Å². The first-order valence-corrected chi connectivity index (χ1v) is 6.11. The highest BCUT2D eigenvalue weighted by molar-refractivity contribution is 7.14. The second-order valence-corrected chi connectivity index (χ2v) is 4.49. The van der Waals surface area contributed by atoms with E-state index in [1.165, 1.54) is 11.3 Å². The number of nitrogens with zero attached hydrogens (tertiary/aromatic N) is 4. The average Bonchev–Trinajstić information content (AvgIpc) is 2.91. The highest BCUT2D eigenvalue weighted by atomic mass is 35.5. The van der Waals surface area contributed by atoms with Crippen LogP contribution in [0.25, 0.3) is 4.96 Å². The highest BCUT2D eigenvalue weighted by Gasteiger charge is 2.09. The number of fused-ring (bicyclic) bond motifs is 1. The lowest BCUT2D eigenvalue weighted by molar-refractivity contribution is 0.293. The van der Waals surface area contributed by atoms with Crippen molar-refractivity contribution in [1.29, 1.82) is 0 Å². The molecule has 0 atom stereocenters. The molecular weight excluding hydrogens is 260 g/mol. The molecule has 0 saturated carbocycles. The van der Waals surface area contributed by atoms with E-state index in [4.69, 9.17) is 16.3 Å². The quantitative estimate of drug-likeness (QED) is 0.731. The molecule has 0 saturated heterocycles. The van der Waals surface area contributed by atoms with Crippen LogP contribution in [0.4, 0.5) is 0 Å². The molecule has 0 bridgehead atoms. The van der Waals surface area contributed by atoms with Gasteiger partial charge in [-0.05, 0) is 12.1 Å². The monoisotopic (exact) mass is 266 g/mol. The van der Waals surface area contributed by atoms with E-state index in [0.29, 0.717) is 16.6 Å². The summed E-state index contributed by atoms with van der Waals surface area (Å²) in [5, 5.41) is 12.6. The summed E-state index contributed by atoms with van der Waals surface area (Å²) in [6.45, 7) is 0.286. The third-order valence-electron chi connectivity index (χ3n) is 2.19. The summed E-state index contributed by atoms with van der Waals surface area (Å²) in [6.07, 6.45) is 0. The molecule has 7 heteroatoms. The number of ether oxygens (including phenoxy) is 1. The van der Waals surface area contributed by atoms with Crippen molar-refractivity contribution < 1.29 is 4.74 Å². The van der Waals surface area contributed by atoms with Crippen LogP contribution < -0.4 is 4.74 Å². The molecule has 3 rings (SSSR count). The zero-order valence-electron chi connectivity index (χ0n) is 8.58. The van der Waals surface area contributed by atoms with Crippen molar-refractivity contribution in [2.45, 2.75) is 6.61 Å². The summed E-state index contributed by atoms with van der Waals surface area (Å²) in [6, 6.07) is 7.30. The minimum Gasteiger partial charge on any atom is -0.484 e. The number of aromatic nitrogens is 4. The van der Waals surface area contributed by atoms with Crippen LogP contribution in [0.1, 0.15) is 5.82 Å². The molecular formula is C10H7ClN4OS. The molecule has 0 aliphatic carbocycles. The fourth-order valence-corrected chi connectivity index (χ4v) is 2.16. The third kappa shape index (κ3) is 1.96. The summed E-state index contributed by atoms with van der Waals surface area (Å²) >= 11 is 7.41. The Bertz CT molecular complexity index is 650. The lowest BCUT2D eigenvalue weighted by atomic mass is 10.3. The first kappa shape index (κ1) is 10.5. The molecule has 0 aliphatic rings. The standard InChI is InChI=1S/C10H7ClN4OS/c11-7-3-1-2-4-8(7)16-5-9-13-14-10-15(9)12-6-17-10/h1-4,6H,5H2. The van der Waals surface area contributed by atoms with Gasteiger partial charge in [0.15, 0.2) is 5.82 Å². The molecule has 3 aromatic rings. The minimum absolute atomic E-state index is 0.286. The van der Waals surface area contributed by atoms with Crippen LogP contribution in [0, 0.1) is 0 Å². The van der Waals surface area contributed by atoms with Gasteiger partial charge in [-0.3, -0.25) is 0 Å². The normalized spacial score (nSPS) is 10.9. The molecule has 0 unspecified atom stereocenters. The Morgan fingerprint density at radius 1 is 1.29 bits per heavy atom.